The number of rotatable bonds is 5. The molecule has 1 atom stereocenters. The van der Waals surface area contributed by atoms with Gasteiger partial charge in [-0.05, 0) is 31.5 Å². The van der Waals surface area contributed by atoms with Gasteiger partial charge in [-0.25, -0.2) is 17.5 Å². The summed E-state index contributed by atoms with van der Waals surface area (Å²) in [6, 6.07) is 6.84. The molecule has 0 aliphatic carbocycles. The van der Waals surface area contributed by atoms with E-state index in [-0.39, 0.29) is 24.2 Å². The number of carbonyl (C=O) groups excluding carboxylic acids is 1. The van der Waals surface area contributed by atoms with Crippen molar-refractivity contribution in [3.63, 3.8) is 0 Å². The zero-order valence-corrected chi connectivity index (χ0v) is 15.0. The second-order valence-corrected chi connectivity index (χ2v) is 7.36. The van der Waals surface area contributed by atoms with Gasteiger partial charge in [-0.1, -0.05) is 18.2 Å². The topological polar surface area (TPSA) is 75.7 Å². The quantitative estimate of drug-likeness (QED) is 0.801. The number of piperidine rings is 1. The summed E-state index contributed by atoms with van der Waals surface area (Å²) in [5.41, 5.74) is 0.775. The summed E-state index contributed by atoms with van der Waals surface area (Å²) in [6.07, 6.45) is 1.81. The van der Waals surface area contributed by atoms with E-state index in [1.54, 1.807) is 24.3 Å². The number of carbonyl (C=O) groups is 1. The summed E-state index contributed by atoms with van der Waals surface area (Å²) >= 11 is 0. The molecule has 1 aromatic carbocycles. The minimum Gasteiger partial charge on any atom is -0.465 e. The van der Waals surface area contributed by atoms with Crippen LogP contribution in [-0.2, 0) is 20.5 Å². The van der Waals surface area contributed by atoms with Crippen molar-refractivity contribution >= 4 is 28.4 Å². The number of benzene rings is 1. The van der Waals surface area contributed by atoms with Gasteiger partial charge in [0.15, 0.2) is 0 Å². The van der Waals surface area contributed by atoms with Crippen LogP contribution in [0.4, 0.5) is 0 Å². The Balaban J connectivity index is 0.00000264. The summed E-state index contributed by atoms with van der Waals surface area (Å²) in [4.78, 5) is 11.8. The largest absolute Gasteiger partial charge is 0.465 e. The number of nitrogens with zero attached hydrogens (tertiary/aromatic N) is 1. The summed E-state index contributed by atoms with van der Waals surface area (Å²) < 4.78 is 31.5. The lowest BCUT2D eigenvalue weighted by atomic mass is 10.1. The second kappa shape index (κ2) is 8.63. The molecule has 0 bridgehead atoms. The Kier molecular flexibility index (Phi) is 7.47. The second-order valence-electron chi connectivity index (χ2n) is 5.39. The molecule has 1 fully saturated rings. The molecular weight excluding hydrogens is 340 g/mol. The molecule has 0 radical (unpaired) electrons. The van der Waals surface area contributed by atoms with E-state index >= 15 is 0 Å². The Morgan fingerprint density at radius 2 is 2.09 bits per heavy atom. The van der Waals surface area contributed by atoms with Crippen molar-refractivity contribution < 1.29 is 17.9 Å². The average molecular weight is 363 g/mol. The van der Waals surface area contributed by atoms with Gasteiger partial charge in [-0.15, -0.1) is 12.4 Å². The maximum Gasteiger partial charge on any atom is 0.338 e. The van der Waals surface area contributed by atoms with Gasteiger partial charge in [0.05, 0.1) is 18.4 Å². The van der Waals surface area contributed by atoms with Crippen molar-refractivity contribution in [2.24, 2.45) is 0 Å². The van der Waals surface area contributed by atoms with Crippen LogP contribution < -0.4 is 5.32 Å². The fourth-order valence-electron chi connectivity index (χ4n) is 2.67. The van der Waals surface area contributed by atoms with Crippen molar-refractivity contribution in [3.8, 4) is 0 Å². The third-order valence-corrected chi connectivity index (χ3v) is 5.74. The molecular formula is C15H23ClN2O4S. The lowest BCUT2D eigenvalue weighted by Gasteiger charge is -2.31. The number of esters is 1. The number of hydrogen-bond acceptors (Lipinski definition) is 5. The molecule has 1 aliphatic heterocycles. The van der Waals surface area contributed by atoms with Crippen LogP contribution in [0.5, 0.6) is 0 Å². The predicted octanol–water partition coefficient (Wildman–Crippen LogP) is 1.41. The molecule has 1 aliphatic rings. The predicted molar refractivity (Wildman–Crippen MR) is 91.3 cm³/mol. The van der Waals surface area contributed by atoms with Gasteiger partial charge in [0.2, 0.25) is 10.0 Å². The van der Waals surface area contributed by atoms with Crippen LogP contribution >= 0.6 is 12.4 Å². The highest BCUT2D eigenvalue weighted by Crippen LogP contribution is 2.20. The molecule has 130 valence electrons. The Morgan fingerprint density at radius 1 is 1.39 bits per heavy atom. The van der Waals surface area contributed by atoms with E-state index < -0.39 is 16.0 Å². The van der Waals surface area contributed by atoms with E-state index in [1.807, 2.05) is 7.05 Å². The minimum absolute atomic E-state index is 0. The van der Waals surface area contributed by atoms with Crippen LogP contribution in [0.3, 0.4) is 0 Å². The molecule has 23 heavy (non-hydrogen) atoms. The smallest absolute Gasteiger partial charge is 0.338 e. The van der Waals surface area contributed by atoms with E-state index in [9.17, 15) is 13.2 Å². The molecule has 0 spiro atoms. The summed E-state index contributed by atoms with van der Waals surface area (Å²) in [5, 5.41) is 3.13. The fraction of sp³-hybridized carbons (Fsp3) is 0.533. The van der Waals surface area contributed by atoms with Gasteiger partial charge in [0, 0.05) is 19.1 Å². The Hall–Kier alpha value is -1.15. The first-order valence-corrected chi connectivity index (χ1v) is 8.90. The van der Waals surface area contributed by atoms with Crippen molar-refractivity contribution in [2.45, 2.75) is 24.6 Å². The molecule has 1 heterocycles. The van der Waals surface area contributed by atoms with Crippen LogP contribution in [0.2, 0.25) is 0 Å². The van der Waals surface area contributed by atoms with Crippen LogP contribution in [0.25, 0.3) is 0 Å². The van der Waals surface area contributed by atoms with E-state index in [0.717, 1.165) is 12.8 Å². The number of sulfonamides is 1. The number of hydrogen-bond donors (Lipinski definition) is 1. The third kappa shape index (κ3) is 4.91. The SMILES string of the molecule is CNC1CCCN(S(=O)(=O)Cc2ccccc2C(=O)OC)C1.Cl. The van der Waals surface area contributed by atoms with Gasteiger partial charge in [0.25, 0.3) is 0 Å². The zero-order valence-electron chi connectivity index (χ0n) is 13.3. The standard InChI is InChI=1S/C15H22N2O4S.ClH/c1-16-13-7-5-9-17(10-13)22(19,20)11-12-6-3-4-8-14(12)15(18)21-2;/h3-4,6,8,13,16H,5,7,9-11H2,1-2H3;1H. The van der Waals surface area contributed by atoms with Crippen molar-refractivity contribution in [2.75, 3.05) is 27.2 Å². The highest BCUT2D eigenvalue weighted by atomic mass is 35.5. The Bertz CT molecular complexity index is 636. The van der Waals surface area contributed by atoms with Crippen molar-refractivity contribution in [1.29, 1.82) is 0 Å². The van der Waals surface area contributed by atoms with Gasteiger partial charge in [0.1, 0.15) is 0 Å². The molecule has 0 aromatic heterocycles. The van der Waals surface area contributed by atoms with Crippen LogP contribution in [0.1, 0.15) is 28.8 Å². The monoisotopic (exact) mass is 362 g/mol. The van der Waals surface area contributed by atoms with Gasteiger partial charge < -0.3 is 10.1 Å². The summed E-state index contributed by atoms with van der Waals surface area (Å²) in [7, 11) is -0.330. The molecule has 1 N–H and O–H groups in total. The van der Waals surface area contributed by atoms with E-state index in [1.165, 1.54) is 11.4 Å². The summed E-state index contributed by atoms with van der Waals surface area (Å²) in [6.45, 7) is 1.00. The number of halogens is 1. The zero-order chi connectivity index (χ0) is 16.2. The van der Waals surface area contributed by atoms with Gasteiger partial charge >= 0.3 is 5.97 Å². The van der Waals surface area contributed by atoms with Crippen molar-refractivity contribution in [1.82, 2.24) is 9.62 Å². The first-order valence-electron chi connectivity index (χ1n) is 7.29. The molecule has 1 unspecified atom stereocenters. The third-order valence-electron chi connectivity index (χ3n) is 3.95. The number of nitrogens with one attached hydrogen (secondary N) is 1. The molecule has 8 heteroatoms. The maximum absolute atomic E-state index is 12.6. The van der Waals surface area contributed by atoms with Crippen LogP contribution in [-0.4, -0.2) is 52.0 Å². The number of methoxy groups -OCH3 is 1. The fourth-order valence-corrected chi connectivity index (χ4v) is 4.32. The van der Waals surface area contributed by atoms with E-state index in [4.69, 9.17) is 4.74 Å². The van der Waals surface area contributed by atoms with E-state index in [2.05, 4.69) is 5.32 Å². The summed E-state index contributed by atoms with van der Waals surface area (Å²) in [5.74, 6) is -0.702. The normalized spacial score (nSPS) is 19.0. The minimum atomic E-state index is -3.46. The Morgan fingerprint density at radius 3 is 2.74 bits per heavy atom. The molecule has 0 amide bonds. The molecule has 1 saturated heterocycles. The molecule has 2 rings (SSSR count). The maximum atomic E-state index is 12.6. The molecule has 6 nitrogen and oxygen atoms in total. The Labute approximate surface area is 143 Å². The van der Waals surface area contributed by atoms with E-state index in [0.29, 0.717) is 24.2 Å². The first kappa shape index (κ1) is 19.9. The van der Waals surface area contributed by atoms with Gasteiger partial charge in [-0.2, -0.15) is 0 Å². The molecule has 0 saturated carbocycles. The highest BCUT2D eigenvalue weighted by molar-refractivity contribution is 7.88. The lowest BCUT2D eigenvalue weighted by molar-refractivity contribution is 0.0600. The van der Waals surface area contributed by atoms with Crippen molar-refractivity contribution in [3.05, 3.63) is 35.4 Å². The number of ether oxygens (including phenoxy) is 1. The molecule has 1 aromatic rings. The number of likely N-dealkylation sites (N-methyl/N-ethyl adjacent to an activating group) is 1. The van der Waals surface area contributed by atoms with Crippen LogP contribution in [0, 0.1) is 0 Å². The lowest BCUT2D eigenvalue weighted by Crippen LogP contribution is -2.47. The average Bonchev–Trinajstić information content (AvgIpc) is 2.54. The highest BCUT2D eigenvalue weighted by Gasteiger charge is 2.29. The van der Waals surface area contributed by atoms with Gasteiger partial charge in [-0.3, -0.25) is 0 Å². The first-order chi connectivity index (χ1) is 10.5. The van der Waals surface area contributed by atoms with Crippen LogP contribution in [0.15, 0.2) is 24.3 Å².